The minimum Gasteiger partial charge on any atom is -0.359 e. The van der Waals surface area contributed by atoms with Gasteiger partial charge >= 0.3 is 11.8 Å². The SMILES string of the molecule is O=C(NCc1ccncc1)C(=O)NC[C@H]1OCCN1S(=O)(=O)c1cc(F)ccc1F. The maximum atomic E-state index is 14.0. The minimum atomic E-state index is -4.42. The van der Waals surface area contributed by atoms with Gasteiger partial charge in [0.25, 0.3) is 0 Å². The molecule has 2 heterocycles. The van der Waals surface area contributed by atoms with Crippen LogP contribution in [0.15, 0.2) is 47.6 Å². The molecule has 1 fully saturated rings. The third-order valence-corrected chi connectivity index (χ3v) is 6.17. The number of rotatable bonds is 6. The first-order chi connectivity index (χ1) is 14.3. The molecule has 9 nitrogen and oxygen atoms in total. The van der Waals surface area contributed by atoms with Crippen LogP contribution in [0.1, 0.15) is 5.56 Å². The van der Waals surface area contributed by atoms with Crippen molar-refractivity contribution >= 4 is 21.8 Å². The molecule has 2 amide bonds. The highest BCUT2D eigenvalue weighted by molar-refractivity contribution is 7.89. The van der Waals surface area contributed by atoms with Crippen LogP contribution in [-0.4, -0.2) is 55.4 Å². The average Bonchev–Trinajstić information content (AvgIpc) is 3.22. The van der Waals surface area contributed by atoms with E-state index in [0.717, 1.165) is 15.9 Å². The van der Waals surface area contributed by atoms with Crippen LogP contribution in [0.3, 0.4) is 0 Å². The fourth-order valence-corrected chi connectivity index (χ4v) is 4.35. The monoisotopic (exact) mass is 440 g/mol. The molecule has 0 radical (unpaired) electrons. The highest BCUT2D eigenvalue weighted by atomic mass is 32.2. The molecule has 0 bridgehead atoms. The van der Waals surface area contributed by atoms with Gasteiger partial charge in [0.2, 0.25) is 10.0 Å². The van der Waals surface area contributed by atoms with Gasteiger partial charge in [0, 0.05) is 25.5 Å². The summed E-state index contributed by atoms with van der Waals surface area (Å²) in [4.78, 5) is 26.9. The number of carbonyl (C=O) groups excluding carboxylic acids is 2. The molecular weight excluding hydrogens is 422 g/mol. The van der Waals surface area contributed by atoms with Crippen molar-refractivity contribution in [3.63, 3.8) is 0 Å². The molecule has 2 aromatic rings. The minimum absolute atomic E-state index is 0.00899. The Morgan fingerprint density at radius 3 is 2.57 bits per heavy atom. The molecule has 2 N–H and O–H groups in total. The number of sulfonamides is 1. The first kappa shape index (κ1) is 21.7. The summed E-state index contributed by atoms with van der Waals surface area (Å²) in [7, 11) is -4.42. The standard InChI is InChI=1S/C18H18F2N4O5S/c19-13-1-2-14(20)15(9-13)30(27,28)24-7-8-29-16(24)11-23-18(26)17(25)22-10-12-3-5-21-6-4-12/h1-6,9,16H,7-8,10-11H2,(H,22,25)(H,23,26)/t16-/m1/s1. The molecule has 1 saturated heterocycles. The molecule has 3 rings (SSSR count). The number of ether oxygens (including phenoxy) is 1. The molecule has 1 aliphatic heterocycles. The molecule has 1 atom stereocenters. The van der Waals surface area contributed by atoms with E-state index in [9.17, 15) is 26.8 Å². The van der Waals surface area contributed by atoms with Gasteiger partial charge in [0.15, 0.2) is 0 Å². The predicted octanol–water partition coefficient (Wildman–Crippen LogP) is 0.139. The third kappa shape index (κ3) is 4.96. The zero-order valence-corrected chi connectivity index (χ0v) is 16.4. The van der Waals surface area contributed by atoms with E-state index in [-0.39, 0.29) is 26.2 Å². The van der Waals surface area contributed by atoms with E-state index < -0.39 is 44.6 Å². The lowest BCUT2D eigenvalue weighted by molar-refractivity contribution is -0.139. The lowest BCUT2D eigenvalue weighted by Crippen LogP contribution is -2.47. The normalized spacial score (nSPS) is 16.9. The van der Waals surface area contributed by atoms with E-state index in [1.165, 1.54) is 12.4 Å². The largest absolute Gasteiger partial charge is 0.359 e. The number of nitrogens with zero attached hydrogens (tertiary/aromatic N) is 2. The lowest BCUT2D eigenvalue weighted by Gasteiger charge is -2.23. The molecule has 12 heteroatoms. The fourth-order valence-electron chi connectivity index (χ4n) is 2.77. The Morgan fingerprint density at radius 2 is 1.83 bits per heavy atom. The highest BCUT2D eigenvalue weighted by Gasteiger charge is 2.38. The van der Waals surface area contributed by atoms with Crippen LogP contribution >= 0.6 is 0 Å². The van der Waals surface area contributed by atoms with Crippen molar-refractivity contribution in [1.82, 2.24) is 19.9 Å². The average molecular weight is 440 g/mol. The Labute approximate surface area is 171 Å². The summed E-state index contributed by atoms with van der Waals surface area (Å²) in [5.41, 5.74) is 0.736. The fraction of sp³-hybridized carbons (Fsp3) is 0.278. The van der Waals surface area contributed by atoms with Gasteiger partial charge in [0.05, 0.1) is 13.2 Å². The Morgan fingerprint density at radius 1 is 1.13 bits per heavy atom. The highest BCUT2D eigenvalue weighted by Crippen LogP contribution is 2.24. The zero-order valence-electron chi connectivity index (χ0n) is 15.5. The van der Waals surface area contributed by atoms with Crippen LogP contribution in [0.4, 0.5) is 8.78 Å². The number of nitrogens with one attached hydrogen (secondary N) is 2. The first-order valence-corrected chi connectivity index (χ1v) is 10.3. The predicted molar refractivity (Wildman–Crippen MR) is 99.1 cm³/mol. The van der Waals surface area contributed by atoms with Crippen molar-refractivity contribution in [3.8, 4) is 0 Å². The van der Waals surface area contributed by atoms with Gasteiger partial charge in [-0.15, -0.1) is 0 Å². The number of hydrogen-bond acceptors (Lipinski definition) is 6. The van der Waals surface area contributed by atoms with Gasteiger partial charge < -0.3 is 15.4 Å². The summed E-state index contributed by atoms with van der Waals surface area (Å²) in [5, 5.41) is 4.69. The van der Waals surface area contributed by atoms with E-state index in [2.05, 4.69) is 15.6 Å². The van der Waals surface area contributed by atoms with Crippen LogP contribution in [0, 0.1) is 11.6 Å². The maximum Gasteiger partial charge on any atom is 0.309 e. The summed E-state index contributed by atoms with van der Waals surface area (Å²) < 4.78 is 58.8. The number of aromatic nitrogens is 1. The molecule has 0 aliphatic carbocycles. The molecule has 30 heavy (non-hydrogen) atoms. The van der Waals surface area contributed by atoms with Crippen molar-refractivity contribution in [3.05, 3.63) is 59.9 Å². The van der Waals surface area contributed by atoms with Crippen LogP contribution in [-0.2, 0) is 30.9 Å². The van der Waals surface area contributed by atoms with Crippen molar-refractivity contribution in [1.29, 1.82) is 0 Å². The van der Waals surface area contributed by atoms with E-state index in [4.69, 9.17) is 4.74 Å². The topological polar surface area (TPSA) is 118 Å². The van der Waals surface area contributed by atoms with E-state index in [1.54, 1.807) is 12.1 Å². The quantitative estimate of drug-likeness (QED) is 0.617. The molecule has 0 unspecified atom stereocenters. The molecule has 160 valence electrons. The van der Waals surface area contributed by atoms with Gasteiger partial charge in [-0.2, -0.15) is 4.31 Å². The van der Waals surface area contributed by atoms with E-state index >= 15 is 0 Å². The van der Waals surface area contributed by atoms with Gasteiger partial charge in [-0.1, -0.05) is 0 Å². The number of carbonyl (C=O) groups is 2. The van der Waals surface area contributed by atoms with Crippen LogP contribution in [0.25, 0.3) is 0 Å². The first-order valence-electron chi connectivity index (χ1n) is 8.82. The second-order valence-electron chi connectivity index (χ2n) is 6.26. The van der Waals surface area contributed by atoms with Gasteiger partial charge in [0.1, 0.15) is 22.8 Å². The second-order valence-corrected chi connectivity index (χ2v) is 8.12. The zero-order chi connectivity index (χ0) is 21.7. The van der Waals surface area contributed by atoms with Gasteiger partial charge in [-0.3, -0.25) is 14.6 Å². The lowest BCUT2D eigenvalue weighted by atomic mass is 10.3. The van der Waals surface area contributed by atoms with Crippen molar-refractivity contribution < 1.29 is 31.5 Å². The van der Waals surface area contributed by atoms with Crippen LogP contribution < -0.4 is 10.6 Å². The molecule has 0 saturated carbocycles. The Bertz CT molecular complexity index is 1040. The maximum absolute atomic E-state index is 14.0. The van der Waals surface area contributed by atoms with Gasteiger partial charge in [-0.05, 0) is 35.9 Å². The summed E-state index contributed by atoms with van der Waals surface area (Å²) in [6, 6.07) is 5.42. The number of hydrogen-bond donors (Lipinski definition) is 2. The van der Waals surface area contributed by atoms with Gasteiger partial charge in [-0.25, -0.2) is 17.2 Å². The van der Waals surface area contributed by atoms with Crippen molar-refractivity contribution in [2.24, 2.45) is 0 Å². The molecule has 1 aliphatic rings. The smallest absolute Gasteiger partial charge is 0.309 e. The Hall–Kier alpha value is -2.96. The summed E-state index contributed by atoms with van der Waals surface area (Å²) in [6.45, 7) is -0.371. The molecular formula is C18H18F2N4O5S. The van der Waals surface area contributed by atoms with E-state index in [0.29, 0.717) is 12.1 Å². The number of halogens is 2. The number of pyridine rings is 1. The summed E-state index contributed by atoms with van der Waals surface area (Å²) >= 11 is 0. The summed E-state index contributed by atoms with van der Waals surface area (Å²) in [5.74, 6) is -3.93. The number of amides is 2. The van der Waals surface area contributed by atoms with Crippen molar-refractivity contribution in [2.45, 2.75) is 17.7 Å². The van der Waals surface area contributed by atoms with Crippen LogP contribution in [0.2, 0.25) is 0 Å². The van der Waals surface area contributed by atoms with Crippen LogP contribution in [0.5, 0.6) is 0 Å². The van der Waals surface area contributed by atoms with E-state index in [1.807, 2.05) is 0 Å². The molecule has 1 aromatic heterocycles. The summed E-state index contributed by atoms with van der Waals surface area (Å²) in [6.07, 6.45) is 1.90. The Balaban J connectivity index is 1.60. The Kier molecular flexibility index (Phi) is 6.70. The molecule has 1 aromatic carbocycles. The van der Waals surface area contributed by atoms with Crippen molar-refractivity contribution in [2.75, 3.05) is 19.7 Å². The third-order valence-electron chi connectivity index (χ3n) is 4.27. The number of benzene rings is 1. The molecule has 0 spiro atoms. The second kappa shape index (κ2) is 9.24.